The van der Waals surface area contributed by atoms with Gasteiger partial charge in [-0.05, 0) is 36.8 Å². The number of carbonyl (C=O) groups excluding carboxylic acids is 2. The van der Waals surface area contributed by atoms with Gasteiger partial charge in [-0.3, -0.25) is 9.59 Å². The molecule has 1 aliphatic rings. The van der Waals surface area contributed by atoms with E-state index in [0.29, 0.717) is 5.69 Å². The second-order valence-corrected chi connectivity index (χ2v) is 5.17. The van der Waals surface area contributed by atoms with Gasteiger partial charge in [0.2, 0.25) is 5.91 Å². The largest absolute Gasteiger partial charge is 0.373 e. The molecule has 0 unspecified atom stereocenters. The van der Waals surface area contributed by atoms with Gasteiger partial charge in [-0.15, -0.1) is 0 Å². The summed E-state index contributed by atoms with van der Waals surface area (Å²) < 4.78 is 0. The summed E-state index contributed by atoms with van der Waals surface area (Å²) in [5.41, 5.74) is 2.59. The van der Waals surface area contributed by atoms with Gasteiger partial charge in [0.15, 0.2) is 0 Å². The first-order valence-electron chi connectivity index (χ1n) is 6.90. The van der Waals surface area contributed by atoms with Crippen LogP contribution in [0, 0.1) is 6.92 Å². The Kier molecular flexibility index (Phi) is 3.44. The van der Waals surface area contributed by atoms with Crippen LogP contribution in [-0.4, -0.2) is 17.9 Å². The van der Waals surface area contributed by atoms with E-state index in [4.69, 9.17) is 0 Å². The molecule has 1 aliphatic heterocycles. The Labute approximate surface area is 123 Å². The van der Waals surface area contributed by atoms with Crippen molar-refractivity contribution >= 4 is 23.2 Å². The van der Waals surface area contributed by atoms with E-state index in [1.54, 1.807) is 12.1 Å². The topological polar surface area (TPSA) is 49.4 Å². The van der Waals surface area contributed by atoms with Crippen molar-refractivity contribution in [3.05, 3.63) is 60.2 Å². The lowest BCUT2D eigenvalue weighted by atomic mass is 10.2. The van der Waals surface area contributed by atoms with Gasteiger partial charge in [0, 0.05) is 5.69 Å². The number of nitrogens with zero attached hydrogens (tertiary/aromatic N) is 1. The minimum Gasteiger partial charge on any atom is -0.373 e. The zero-order chi connectivity index (χ0) is 14.8. The third-order valence-corrected chi connectivity index (χ3v) is 3.52. The number of amides is 2. The van der Waals surface area contributed by atoms with Gasteiger partial charge in [0.05, 0.1) is 12.1 Å². The van der Waals surface area contributed by atoms with E-state index >= 15 is 0 Å². The molecule has 0 radical (unpaired) electrons. The SMILES string of the molecule is Cc1cccc(N[C@@H]2CC(=O)N(c3ccccc3)C2=O)c1. The second-order valence-electron chi connectivity index (χ2n) is 5.17. The lowest BCUT2D eigenvalue weighted by Gasteiger charge is -2.16. The molecule has 1 fully saturated rings. The van der Waals surface area contributed by atoms with Gasteiger partial charge in [-0.25, -0.2) is 4.90 Å². The molecular formula is C17H16N2O2. The van der Waals surface area contributed by atoms with E-state index in [-0.39, 0.29) is 18.2 Å². The lowest BCUT2D eigenvalue weighted by molar-refractivity contribution is -0.121. The van der Waals surface area contributed by atoms with Crippen LogP contribution in [0.3, 0.4) is 0 Å². The lowest BCUT2D eigenvalue weighted by Crippen LogP contribution is -2.34. The van der Waals surface area contributed by atoms with E-state index in [0.717, 1.165) is 11.3 Å². The normalized spacial score (nSPS) is 18.1. The van der Waals surface area contributed by atoms with Crippen molar-refractivity contribution in [2.45, 2.75) is 19.4 Å². The highest BCUT2D eigenvalue weighted by molar-refractivity contribution is 6.23. The molecule has 1 N–H and O–H groups in total. The van der Waals surface area contributed by atoms with Crippen molar-refractivity contribution < 1.29 is 9.59 Å². The van der Waals surface area contributed by atoms with E-state index < -0.39 is 6.04 Å². The number of para-hydroxylation sites is 1. The highest BCUT2D eigenvalue weighted by Crippen LogP contribution is 2.24. The van der Waals surface area contributed by atoms with Gasteiger partial charge in [0.1, 0.15) is 6.04 Å². The molecule has 106 valence electrons. The number of rotatable bonds is 3. The zero-order valence-electron chi connectivity index (χ0n) is 11.7. The number of benzene rings is 2. The number of nitrogens with one attached hydrogen (secondary N) is 1. The van der Waals surface area contributed by atoms with E-state index in [1.165, 1.54) is 4.90 Å². The van der Waals surface area contributed by atoms with Crippen molar-refractivity contribution in [2.24, 2.45) is 0 Å². The predicted octanol–water partition coefficient (Wildman–Crippen LogP) is 2.74. The first-order valence-corrected chi connectivity index (χ1v) is 6.90. The third kappa shape index (κ3) is 2.65. The van der Waals surface area contributed by atoms with Crippen LogP contribution in [0.5, 0.6) is 0 Å². The number of hydrogen-bond donors (Lipinski definition) is 1. The maximum absolute atomic E-state index is 12.4. The molecule has 4 nitrogen and oxygen atoms in total. The van der Waals surface area contributed by atoms with Crippen LogP contribution in [0.1, 0.15) is 12.0 Å². The van der Waals surface area contributed by atoms with Crippen LogP contribution in [0.4, 0.5) is 11.4 Å². The van der Waals surface area contributed by atoms with Crippen molar-refractivity contribution in [3.63, 3.8) is 0 Å². The van der Waals surface area contributed by atoms with Gasteiger partial charge < -0.3 is 5.32 Å². The highest BCUT2D eigenvalue weighted by Gasteiger charge is 2.39. The Bertz CT molecular complexity index is 682. The minimum atomic E-state index is -0.500. The summed E-state index contributed by atoms with van der Waals surface area (Å²) in [4.78, 5) is 25.8. The van der Waals surface area contributed by atoms with Crippen LogP contribution < -0.4 is 10.2 Å². The summed E-state index contributed by atoms with van der Waals surface area (Å²) in [6, 6.07) is 16.3. The Morgan fingerprint density at radius 2 is 1.81 bits per heavy atom. The average Bonchev–Trinajstić information content (AvgIpc) is 2.74. The number of carbonyl (C=O) groups is 2. The van der Waals surface area contributed by atoms with E-state index in [2.05, 4.69) is 5.32 Å². The quantitative estimate of drug-likeness (QED) is 0.879. The van der Waals surface area contributed by atoms with Crippen LogP contribution >= 0.6 is 0 Å². The molecule has 2 aromatic rings. The summed E-state index contributed by atoms with van der Waals surface area (Å²) in [5, 5.41) is 3.15. The Morgan fingerprint density at radius 3 is 2.52 bits per heavy atom. The standard InChI is InChI=1S/C17H16N2O2/c1-12-6-5-7-13(10-12)18-15-11-16(20)19(17(15)21)14-8-3-2-4-9-14/h2-10,15,18H,11H2,1H3/t15-/m1/s1. The molecule has 2 amide bonds. The van der Waals surface area contributed by atoms with Crippen LogP contribution in [0.15, 0.2) is 54.6 Å². The summed E-state index contributed by atoms with van der Waals surface area (Å²) in [5.74, 6) is -0.371. The van der Waals surface area contributed by atoms with Gasteiger partial charge in [-0.1, -0.05) is 30.3 Å². The summed E-state index contributed by atoms with van der Waals surface area (Å²) in [7, 11) is 0. The summed E-state index contributed by atoms with van der Waals surface area (Å²) >= 11 is 0. The molecule has 0 aliphatic carbocycles. The molecule has 21 heavy (non-hydrogen) atoms. The van der Waals surface area contributed by atoms with Crippen molar-refractivity contribution in [3.8, 4) is 0 Å². The number of hydrogen-bond acceptors (Lipinski definition) is 3. The Balaban J connectivity index is 1.81. The fourth-order valence-corrected chi connectivity index (χ4v) is 2.53. The Morgan fingerprint density at radius 1 is 1.05 bits per heavy atom. The number of anilines is 2. The predicted molar refractivity (Wildman–Crippen MR) is 82.1 cm³/mol. The van der Waals surface area contributed by atoms with Crippen molar-refractivity contribution in [1.82, 2.24) is 0 Å². The Hall–Kier alpha value is -2.62. The number of imide groups is 1. The van der Waals surface area contributed by atoms with E-state index in [1.807, 2.05) is 49.4 Å². The molecule has 1 atom stereocenters. The second kappa shape index (κ2) is 5.40. The van der Waals surface area contributed by atoms with Crippen LogP contribution in [-0.2, 0) is 9.59 Å². The van der Waals surface area contributed by atoms with Crippen molar-refractivity contribution in [1.29, 1.82) is 0 Å². The third-order valence-electron chi connectivity index (χ3n) is 3.52. The summed E-state index contributed by atoms with van der Waals surface area (Å²) in [6.45, 7) is 1.99. The van der Waals surface area contributed by atoms with Crippen LogP contribution in [0.25, 0.3) is 0 Å². The molecule has 1 heterocycles. The highest BCUT2D eigenvalue weighted by atomic mass is 16.2. The zero-order valence-corrected chi connectivity index (χ0v) is 11.7. The minimum absolute atomic E-state index is 0.170. The van der Waals surface area contributed by atoms with Gasteiger partial charge in [-0.2, -0.15) is 0 Å². The molecule has 2 aromatic carbocycles. The first-order chi connectivity index (χ1) is 10.1. The molecule has 0 saturated carbocycles. The molecule has 0 bridgehead atoms. The van der Waals surface area contributed by atoms with Crippen molar-refractivity contribution in [2.75, 3.05) is 10.2 Å². The maximum atomic E-state index is 12.4. The monoisotopic (exact) mass is 280 g/mol. The fourth-order valence-electron chi connectivity index (χ4n) is 2.53. The number of aryl methyl sites for hydroxylation is 1. The van der Waals surface area contributed by atoms with E-state index in [9.17, 15) is 9.59 Å². The molecule has 4 heteroatoms. The molecule has 1 saturated heterocycles. The average molecular weight is 280 g/mol. The molecule has 0 aromatic heterocycles. The fraction of sp³-hybridized carbons (Fsp3) is 0.176. The van der Waals surface area contributed by atoms with Gasteiger partial charge >= 0.3 is 0 Å². The maximum Gasteiger partial charge on any atom is 0.256 e. The first kappa shape index (κ1) is 13.4. The van der Waals surface area contributed by atoms with Crippen LogP contribution in [0.2, 0.25) is 0 Å². The van der Waals surface area contributed by atoms with Gasteiger partial charge in [0.25, 0.3) is 5.91 Å². The molecular weight excluding hydrogens is 264 g/mol. The smallest absolute Gasteiger partial charge is 0.256 e. The molecule has 3 rings (SSSR count). The molecule has 0 spiro atoms. The summed E-state index contributed by atoms with van der Waals surface area (Å²) in [6.07, 6.45) is 0.182.